The lowest BCUT2D eigenvalue weighted by molar-refractivity contribution is -0.114. The molecule has 0 bridgehead atoms. The summed E-state index contributed by atoms with van der Waals surface area (Å²) in [5.41, 5.74) is 4.36. The summed E-state index contributed by atoms with van der Waals surface area (Å²) in [6.45, 7) is 5.41. The average molecular weight is 354 g/mol. The van der Waals surface area contributed by atoms with Crippen LogP contribution >= 0.6 is 11.3 Å². The minimum Gasteiger partial charge on any atom is -0.308 e. The van der Waals surface area contributed by atoms with Crippen LogP contribution in [-0.2, 0) is 4.79 Å². The second-order valence-electron chi connectivity index (χ2n) is 5.84. The topological polar surface area (TPSA) is 83.1 Å². The molecule has 3 N–H and O–H groups in total. The van der Waals surface area contributed by atoms with Crippen LogP contribution in [0.4, 0.5) is 21.3 Å². The molecular formula is C18H18N4O2S. The van der Waals surface area contributed by atoms with Crippen LogP contribution < -0.4 is 16.0 Å². The van der Waals surface area contributed by atoms with Crippen molar-refractivity contribution in [1.82, 2.24) is 4.98 Å². The van der Waals surface area contributed by atoms with Gasteiger partial charge in [0.1, 0.15) is 0 Å². The van der Waals surface area contributed by atoms with E-state index in [0.717, 1.165) is 27.0 Å². The molecule has 7 heteroatoms. The number of nitrogens with one attached hydrogen (secondary N) is 3. The van der Waals surface area contributed by atoms with Crippen LogP contribution in [0.2, 0.25) is 0 Å². The van der Waals surface area contributed by atoms with Crippen LogP contribution in [0.15, 0.2) is 36.4 Å². The molecule has 2 aromatic carbocycles. The summed E-state index contributed by atoms with van der Waals surface area (Å²) in [5.74, 6) is -0.162. The van der Waals surface area contributed by atoms with E-state index in [9.17, 15) is 9.59 Å². The summed E-state index contributed by atoms with van der Waals surface area (Å²) in [6, 6.07) is 11.0. The molecule has 0 atom stereocenters. The lowest BCUT2D eigenvalue weighted by Gasteiger charge is -2.09. The number of aryl methyl sites for hydroxylation is 2. The van der Waals surface area contributed by atoms with Gasteiger partial charge in [-0.3, -0.25) is 4.79 Å². The fraction of sp³-hybridized carbons (Fsp3) is 0.167. The fourth-order valence-electron chi connectivity index (χ4n) is 2.55. The smallest absolute Gasteiger partial charge is 0.308 e. The monoisotopic (exact) mass is 354 g/mol. The summed E-state index contributed by atoms with van der Waals surface area (Å²) in [5, 5.41) is 8.85. The number of aromatic nitrogens is 1. The van der Waals surface area contributed by atoms with Crippen molar-refractivity contribution >= 4 is 50.0 Å². The first-order valence-corrected chi connectivity index (χ1v) is 8.55. The maximum Gasteiger partial charge on any atom is 0.323 e. The van der Waals surface area contributed by atoms with Gasteiger partial charge in [0.25, 0.3) is 0 Å². The summed E-state index contributed by atoms with van der Waals surface area (Å²) in [6.07, 6.45) is 0. The van der Waals surface area contributed by atoms with E-state index in [4.69, 9.17) is 0 Å². The van der Waals surface area contributed by atoms with E-state index in [1.807, 2.05) is 44.2 Å². The lowest BCUT2D eigenvalue weighted by atomic mass is 10.1. The van der Waals surface area contributed by atoms with Crippen LogP contribution in [0.25, 0.3) is 10.2 Å². The fourth-order valence-corrected chi connectivity index (χ4v) is 3.50. The predicted octanol–water partition coefficient (Wildman–Crippen LogP) is 4.52. The van der Waals surface area contributed by atoms with E-state index < -0.39 is 0 Å². The molecule has 0 saturated carbocycles. The van der Waals surface area contributed by atoms with E-state index in [-0.39, 0.29) is 11.9 Å². The maximum absolute atomic E-state index is 12.2. The van der Waals surface area contributed by atoms with Gasteiger partial charge in [-0.15, -0.1) is 0 Å². The molecule has 3 amide bonds. The summed E-state index contributed by atoms with van der Waals surface area (Å²) in [4.78, 5) is 27.6. The Balaban J connectivity index is 1.73. The number of hydrogen-bond donors (Lipinski definition) is 3. The second-order valence-corrected chi connectivity index (χ2v) is 6.87. The molecule has 25 heavy (non-hydrogen) atoms. The number of fused-ring (bicyclic) bond motifs is 1. The SMILES string of the molecule is CC(=O)Nc1nc2ccc(NC(=O)Nc3cc(C)cc(C)c3)cc2s1. The van der Waals surface area contributed by atoms with Crippen molar-refractivity contribution in [3.05, 3.63) is 47.5 Å². The van der Waals surface area contributed by atoms with Crippen molar-refractivity contribution in [2.24, 2.45) is 0 Å². The van der Waals surface area contributed by atoms with Crippen LogP contribution in [-0.4, -0.2) is 16.9 Å². The van der Waals surface area contributed by atoms with Gasteiger partial charge in [0, 0.05) is 18.3 Å². The minimum atomic E-state index is -0.309. The molecule has 128 valence electrons. The zero-order valence-electron chi connectivity index (χ0n) is 14.1. The number of carbonyl (C=O) groups excluding carboxylic acids is 2. The van der Waals surface area contributed by atoms with E-state index in [1.165, 1.54) is 18.3 Å². The molecule has 0 fully saturated rings. The van der Waals surface area contributed by atoms with Crippen LogP contribution in [0, 0.1) is 13.8 Å². The zero-order chi connectivity index (χ0) is 18.0. The van der Waals surface area contributed by atoms with Gasteiger partial charge in [0.15, 0.2) is 5.13 Å². The Bertz CT molecular complexity index is 945. The summed E-state index contributed by atoms with van der Waals surface area (Å²) < 4.78 is 0.882. The van der Waals surface area contributed by atoms with Crippen LogP contribution in [0.3, 0.4) is 0 Å². The number of thiazole rings is 1. The lowest BCUT2D eigenvalue weighted by Crippen LogP contribution is -2.19. The summed E-state index contributed by atoms with van der Waals surface area (Å²) in [7, 11) is 0. The second kappa shape index (κ2) is 6.90. The molecule has 0 aliphatic rings. The van der Waals surface area contributed by atoms with E-state index in [0.29, 0.717) is 10.8 Å². The molecule has 0 unspecified atom stereocenters. The number of urea groups is 1. The van der Waals surface area contributed by atoms with Crippen LogP contribution in [0.5, 0.6) is 0 Å². The highest BCUT2D eigenvalue weighted by Crippen LogP contribution is 2.28. The van der Waals surface area contributed by atoms with Crippen molar-refractivity contribution in [3.8, 4) is 0 Å². The highest BCUT2D eigenvalue weighted by Gasteiger charge is 2.08. The van der Waals surface area contributed by atoms with Gasteiger partial charge in [0.2, 0.25) is 5.91 Å². The molecule has 1 heterocycles. The highest BCUT2D eigenvalue weighted by molar-refractivity contribution is 7.22. The Morgan fingerprint density at radius 3 is 2.28 bits per heavy atom. The van der Waals surface area contributed by atoms with Gasteiger partial charge in [-0.1, -0.05) is 17.4 Å². The first-order valence-electron chi connectivity index (χ1n) is 7.73. The zero-order valence-corrected chi connectivity index (χ0v) is 15.0. The third-order valence-corrected chi connectivity index (χ3v) is 4.34. The molecule has 1 aromatic heterocycles. The Hall–Kier alpha value is -2.93. The third-order valence-electron chi connectivity index (χ3n) is 3.41. The van der Waals surface area contributed by atoms with Crippen molar-refractivity contribution in [1.29, 1.82) is 0 Å². The van der Waals surface area contributed by atoms with Gasteiger partial charge in [0.05, 0.1) is 10.2 Å². The van der Waals surface area contributed by atoms with Crippen molar-refractivity contribution in [3.63, 3.8) is 0 Å². The molecule has 3 aromatic rings. The number of amides is 3. The standard InChI is InChI=1S/C18H18N4O2S/c1-10-6-11(2)8-14(7-10)21-17(24)20-13-4-5-15-16(9-13)25-18(22-15)19-12(3)23/h4-9H,1-3H3,(H,19,22,23)(H2,20,21,24). The van der Waals surface area contributed by atoms with Crippen LogP contribution in [0.1, 0.15) is 18.1 Å². The first kappa shape index (κ1) is 16.9. The first-order chi connectivity index (χ1) is 11.9. The Kier molecular flexibility index (Phi) is 4.67. The Labute approximate surface area is 149 Å². The van der Waals surface area contributed by atoms with E-state index in [2.05, 4.69) is 20.9 Å². The Morgan fingerprint density at radius 1 is 0.920 bits per heavy atom. The number of carbonyl (C=O) groups is 2. The van der Waals surface area contributed by atoms with Crippen molar-refractivity contribution < 1.29 is 9.59 Å². The number of benzene rings is 2. The Morgan fingerprint density at radius 2 is 1.60 bits per heavy atom. The molecule has 3 rings (SSSR count). The van der Waals surface area contributed by atoms with E-state index in [1.54, 1.807) is 6.07 Å². The molecule has 0 spiro atoms. The van der Waals surface area contributed by atoms with Crippen molar-refractivity contribution in [2.75, 3.05) is 16.0 Å². The molecule has 0 saturated heterocycles. The number of nitrogens with zero attached hydrogens (tertiary/aromatic N) is 1. The third kappa shape index (κ3) is 4.33. The maximum atomic E-state index is 12.2. The van der Waals surface area contributed by atoms with Gasteiger partial charge >= 0.3 is 6.03 Å². The molecule has 0 radical (unpaired) electrons. The molecule has 6 nitrogen and oxygen atoms in total. The average Bonchev–Trinajstić information content (AvgIpc) is 2.86. The van der Waals surface area contributed by atoms with Gasteiger partial charge < -0.3 is 16.0 Å². The normalized spacial score (nSPS) is 10.5. The van der Waals surface area contributed by atoms with Gasteiger partial charge in [-0.05, 0) is 55.3 Å². The quantitative estimate of drug-likeness (QED) is 0.647. The molecular weight excluding hydrogens is 336 g/mol. The minimum absolute atomic E-state index is 0.162. The highest BCUT2D eigenvalue weighted by atomic mass is 32.1. The van der Waals surface area contributed by atoms with Crippen molar-refractivity contribution in [2.45, 2.75) is 20.8 Å². The number of rotatable bonds is 3. The van der Waals surface area contributed by atoms with E-state index >= 15 is 0 Å². The van der Waals surface area contributed by atoms with Gasteiger partial charge in [-0.2, -0.15) is 0 Å². The largest absolute Gasteiger partial charge is 0.323 e. The number of hydrogen-bond acceptors (Lipinski definition) is 4. The molecule has 0 aliphatic heterocycles. The van der Waals surface area contributed by atoms with Gasteiger partial charge in [-0.25, -0.2) is 9.78 Å². The molecule has 0 aliphatic carbocycles. The summed E-state index contributed by atoms with van der Waals surface area (Å²) >= 11 is 1.36. The predicted molar refractivity (Wildman–Crippen MR) is 102 cm³/mol. The number of anilines is 3.